The van der Waals surface area contributed by atoms with Gasteiger partial charge in [0.15, 0.2) is 5.82 Å². The van der Waals surface area contributed by atoms with E-state index in [1.165, 1.54) is 12.7 Å². The molecule has 1 amide bonds. The number of hydrogen-bond donors (Lipinski definition) is 1. The molecule has 1 saturated heterocycles. The Kier molecular flexibility index (Phi) is 6.00. The zero-order valence-corrected chi connectivity index (χ0v) is 16.7. The van der Waals surface area contributed by atoms with Crippen LogP contribution in [0.25, 0.3) is 5.82 Å². The third-order valence-electron chi connectivity index (χ3n) is 5.11. The maximum Gasteiger partial charge on any atom is 0.223 e. The van der Waals surface area contributed by atoms with E-state index in [0.717, 1.165) is 48.8 Å². The normalized spacial score (nSPS) is 14.7. The molecule has 0 atom stereocenters. The summed E-state index contributed by atoms with van der Waals surface area (Å²) in [7, 11) is 0. The Morgan fingerprint density at radius 1 is 1.10 bits per heavy atom. The van der Waals surface area contributed by atoms with Crippen LogP contribution in [0.4, 0.5) is 5.82 Å². The van der Waals surface area contributed by atoms with E-state index in [1.54, 1.807) is 11.0 Å². The summed E-state index contributed by atoms with van der Waals surface area (Å²) >= 11 is 5.90. The summed E-state index contributed by atoms with van der Waals surface area (Å²) in [5, 5.41) is 7.89. The van der Waals surface area contributed by atoms with Crippen LogP contribution in [0.15, 0.2) is 49.3 Å². The number of nitrogens with zero attached hydrogens (tertiary/aromatic N) is 6. The lowest BCUT2D eigenvalue weighted by atomic mass is 9.96. The maximum atomic E-state index is 12.5. The molecule has 3 aromatic rings. The largest absolute Gasteiger partial charge is 0.356 e. The van der Waals surface area contributed by atoms with Gasteiger partial charge in [0.1, 0.15) is 24.8 Å². The predicted molar refractivity (Wildman–Crippen MR) is 110 cm³/mol. The Hall–Kier alpha value is -3.00. The molecule has 3 heterocycles. The number of carbonyl (C=O) groups is 1. The van der Waals surface area contributed by atoms with Crippen molar-refractivity contribution in [2.75, 3.05) is 24.5 Å². The highest BCUT2D eigenvalue weighted by Crippen LogP contribution is 2.22. The van der Waals surface area contributed by atoms with Gasteiger partial charge in [-0.15, -0.1) is 0 Å². The minimum Gasteiger partial charge on any atom is -0.356 e. The van der Waals surface area contributed by atoms with E-state index in [-0.39, 0.29) is 11.8 Å². The van der Waals surface area contributed by atoms with Crippen molar-refractivity contribution >= 4 is 23.3 Å². The average Bonchev–Trinajstić information content (AvgIpc) is 3.30. The van der Waals surface area contributed by atoms with Gasteiger partial charge in [-0.25, -0.2) is 19.6 Å². The number of anilines is 1. The highest BCUT2D eigenvalue weighted by Gasteiger charge is 2.25. The van der Waals surface area contributed by atoms with Crippen molar-refractivity contribution in [1.29, 1.82) is 0 Å². The first kappa shape index (κ1) is 19.3. The highest BCUT2D eigenvalue weighted by molar-refractivity contribution is 6.30. The van der Waals surface area contributed by atoms with Crippen LogP contribution in [0.3, 0.4) is 0 Å². The number of amides is 1. The van der Waals surface area contributed by atoms with Crippen LogP contribution in [-0.4, -0.2) is 50.3 Å². The lowest BCUT2D eigenvalue weighted by molar-refractivity contribution is -0.125. The van der Waals surface area contributed by atoms with Crippen LogP contribution in [0.1, 0.15) is 18.4 Å². The lowest BCUT2D eigenvalue weighted by Crippen LogP contribution is -2.41. The van der Waals surface area contributed by atoms with E-state index in [2.05, 4.69) is 30.3 Å². The van der Waals surface area contributed by atoms with Gasteiger partial charge in [-0.05, 0) is 37.0 Å². The summed E-state index contributed by atoms with van der Waals surface area (Å²) in [5.74, 6) is 1.68. The SMILES string of the molecule is O=C(NCCc1ccc(Cl)cc1)C1CCN(c2cc(-n3cncn3)ncn2)CC1. The molecule has 1 aromatic carbocycles. The molecule has 1 aliphatic rings. The van der Waals surface area contributed by atoms with Crippen molar-refractivity contribution in [3.8, 4) is 5.82 Å². The molecule has 0 spiro atoms. The average molecular weight is 412 g/mol. The van der Waals surface area contributed by atoms with E-state index < -0.39 is 0 Å². The molecule has 4 rings (SSSR count). The van der Waals surface area contributed by atoms with Crippen molar-refractivity contribution < 1.29 is 4.79 Å². The molecule has 0 radical (unpaired) electrons. The van der Waals surface area contributed by atoms with E-state index in [0.29, 0.717) is 12.4 Å². The van der Waals surface area contributed by atoms with Crippen LogP contribution in [-0.2, 0) is 11.2 Å². The second-order valence-electron chi connectivity index (χ2n) is 7.00. The first-order valence-electron chi connectivity index (χ1n) is 9.63. The molecule has 0 bridgehead atoms. The van der Waals surface area contributed by atoms with Gasteiger partial charge in [0.25, 0.3) is 0 Å². The zero-order chi connectivity index (χ0) is 20.1. The molecule has 29 heavy (non-hydrogen) atoms. The number of piperidine rings is 1. The topological polar surface area (TPSA) is 88.8 Å². The van der Waals surface area contributed by atoms with Crippen LogP contribution < -0.4 is 10.2 Å². The van der Waals surface area contributed by atoms with Crippen LogP contribution >= 0.6 is 11.6 Å². The van der Waals surface area contributed by atoms with Gasteiger partial charge < -0.3 is 10.2 Å². The van der Waals surface area contributed by atoms with E-state index in [1.807, 2.05) is 30.3 Å². The number of carbonyl (C=O) groups excluding carboxylic acids is 1. The predicted octanol–water partition coefficient (Wildman–Crippen LogP) is 2.29. The molecular weight excluding hydrogens is 390 g/mol. The van der Waals surface area contributed by atoms with Crippen molar-refractivity contribution in [3.05, 3.63) is 59.9 Å². The smallest absolute Gasteiger partial charge is 0.223 e. The molecular formula is C20H22ClN7O. The van der Waals surface area contributed by atoms with Crippen LogP contribution in [0.2, 0.25) is 5.02 Å². The monoisotopic (exact) mass is 411 g/mol. The summed E-state index contributed by atoms with van der Waals surface area (Å²) in [4.78, 5) is 27.2. The second kappa shape index (κ2) is 9.00. The molecule has 0 saturated carbocycles. The van der Waals surface area contributed by atoms with Crippen molar-refractivity contribution in [2.45, 2.75) is 19.3 Å². The Bertz CT molecular complexity index is 938. The molecule has 0 aliphatic carbocycles. The number of benzene rings is 1. The third kappa shape index (κ3) is 4.89. The number of rotatable bonds is 6. The molecule has 1 aliphatic heterocycles. The van der Waals surface area contributed by atoms with E-state index in [9.17, 15) is 4.79 Å². The maximum absolute atomic E-state index is 12.5. The molecule has 150 valence electrons. The summed E-state index contributed by atoms with van der Waals surface area (Å²) in [5.41, 5.74) is 1.16. The Morgan fingerprint density at radius 2 is 1.86 bits per heavy atom. The molecule has 9 heteroatoms. The van der Waals surface area contributed by atoms with Gasteiger partial charge >= 0.3 is 0 Å². The van der Waals surface area contributed by atoms with Crippen LogP contribution in [0, 0.1) is 5.92 Å². The summed E-state index contributed by atoms with van der Waals surface area (Å²) in [6.45, 7) is 2.19. The van der Waals surface area contributed by atoms with Crippen molar-refractivity contribution in [3.63, 3.8) is 0 Å². The third-order valence-corrected chi connectivity index (χ3v) is 5.36. The fraction of sp³-hybridized carbons (Fsp3) is 0.350. The number of aromatic nitrogens is 5. The molecule has 2 aromatic heterocycles. The lowest BCUT2D eigenvalue weighted by Gasteiger charge is -2.32. The van der Waals surface area contributed by atoms with Crippen molar-refractivity contribution in [1.82, 2.24) is 30.0 Å². The number of nitrogens with one attached hydrogen (secondary N) is 1. The fourth-order valence-corrected chi connectivity index (χ4v) is 3.58. The van der Waals surface area contributed by atoms with Gasteiger partial charge in [-0.3, -0.25) is 4.79 Å². The Labute approximate surface area is 173 Å². The molecule has 8 nitrogen and oxygen atoms in total. The molecule has 1 N–H and O–H groups in total. The minimum absolute atomic E-state index is 0.0353. The highest BCUT2D eigenvalue weighted by atomic mass is 35.5. The van der Waals surface area contributed by atoms with Gasteiger partial charge in [0.05, 0.1) is 0 Å². The van der Waals surface area contributed by atoms with E-state index in [4.69, 9.17) is 11.6 Å². The minimum atomic E-state index is 0.0353. The zero-order valence-electron chi connectivity index (χ0n) is 15.9. The van der Waals surface area contributed by atoms with Crippen molar-refractivity contribution in [2.24, 2.45) is 5.92 Å². The van der Waals surface area contributed by atoms with Gasteiger partial charge in [-0.2, -0.15) is 5.10 Å². The fourth-order valence-electron chi connectivity index (χ4n) is 3.46. The first-order valence-corrected chi connectivity index (χ1v) is 10.0. The standard InChI is InChI=1S/C20H22ClN7O/c21-17-3-1-15(2-4-17)5-8-23-20(29)16-6-9-27(10-7-16)18-11-19(25-13-24-18)28-14-22-12-26-28/h1-4,11-14,16H,5-10H2,(H,23,29). The number of hydrogen-bond acceptors (Lipinski definition) is 6. The first-order chi connectivity index (χ1) is 14.2. The second-order valence-corrected chi connectivity index (χ2v) is 7.44. The van der Waals surface area contributed by atoms with Gasteiger partial charge in [0.2, 0.25) is 5.91 Å². The van der Waals surface area contributed by atoms with Gasteiger partial charge in [0, 0.05) is 36.6 Å². The summed E-state index contributed by atoms with van der Waals surface area (Å²) < 4.78 is 1.60. The van der Waals surface area contributed by atoms with Crippen LogP contribution in [0.5, 0.6) is 0 Å². The van der Waals surface area contributed by atoms with Gasteiger partial charge in [-0.1, -0.05) is 23.7 Å². The molecule has 1 fully saturated rings. The molecule has 0 unspecified atom stereocenters. The quantitative estimate of drug-likeness (QED) is 0.669. The Morgan fingerprint density at radius 3 is 2.59 bits per heavy atom. The summed E-state index contributed by atoms with van der Waals surface area (Å²) in [6.07, 6.45) is 7.01. The van der Waals surface area contributed by atoms with E-state index >= 15 is 0 Å². The Balaban J connectivity index is 1.26. The summed E-state index contributed by atoms with van der Waals surface area (Å²) in [6, 6.07) is 9.61. The number of halogens is 1.